The lowest BCUT2D eigenvalue weighted by Crippen LogP contribution is -2.28. The van der Waals surface area contributed by atoms with E-state index in [1.165, 1.54) is 6.07 Å². The highest BCUT2D eigenvalue weighted by Gasteiger charge is 2.22. The molecular formula is C12H17F2NO. The van der Waals surface area contributed by atoms with Crippen molar-refractivity contribution in [3.8, 4) is 0 Å². The fourth-order valence-electron chi connectivity index (χ4n) is 1.47. The number of rotatable bonds is 4. The minimum Gasteiger partial charge on any atom is -0.379 e. The molecule has 1 unspecified atom stereocenters. The third kappa shape index (κ3) is 3.25. The van der Waals surface area contributed by atoms with Crippen LogP contribution < -0.4 is 5.73 Å². The third-order valence-electron chi connectivity index (χ3n) is 2.64. The van der Waals surface area contributed by atoms with Crippen LogP contribution in [0.3, 0.4) is 0 Å². The second-order valence-corrected chi connectivity index (χ2v) is 4.45. The van der Waals surface area contributed by atoms with Gasteiger partial charge in [0.25, 0.3) is 0 Å². The van der Waals surface area contributed by atoms with Crippen LogP contribution in [0.25, 0.3) is 0 Å². The summed E-state index contributed by atoms with van der Waals surface area (Å²) in [5, 5.41) is 0. The first-order valence-corrected chi connectivity index (χ1v) is 5.11. The molecule has 90 valence electrons. The van der Waals surface area contributed by atoms with E-state index < -0.39 is 11.6 Å². The normalized spacial score (nSPS) is 13.9. The van der Waals surface area contributed by atoms with Crippen LogP contribution in [-0.2, 0) is 4.74 Å². The van der Waals surface area contributed by atoms with E-state index in [-0.39, 0.29) is 11.6 Å². The second-order valence-electron chi connectivity index (χ2n) is 4.45. The molecule has 0 aliphatic carbocycles. The molecule has 4 heteroatoms. The van der Waals surface area contributed by atoms with E-state index in [0.29, 0.717) is 12.0 Å². The number of methoxy groups -OCH3 is 1. The summed E-state index contributed by atoms with van der Waals surface area (Å²) in [5.41, 5.74) is 6.10. The lowest BCUT2D eigenvalue weighted by Gasteiger charge is -2.26. The van der Waals surface area contributed by atoms with Gasteiger partial charge in [-0.1, -0.05) is 6.07 Å². The Hall–Kier alpha value is -1.00. The third-order valence-corrected chi connectivity index (χ3v) is 2.64. The molecule has 16 heavy (non-hydrogen) atoms. The zero-order valence-electron chi connectivity index (χ0n) is 9.76. The van der Waals surface area contributed by atoms with Crippen molar-refractivity contribution in [3.63, 3.8) is 0 Å². The summed E-state index contributed by atoms with van der Waals surface area (Å²) in [6.07, 6.45) is 0.536. The highest BCUT2D eigenvalue weighted by molar-refractivity contribution is 5.21. The first kappa shape index (κ1) is 13.1. The van der Waals surface area contributed by atoms with Crippen LogP contribution in [0.4, 0.5) is 8.78 Å². The standard InChI is InChI=1S/C12H17F2NO/c1-12(2,16-3)7-11(15)8-4-5-9(13)10(14)6-8/h4-6,11H,7,15H2,1-3H3. The Labute approximate surface area is 94.4 Å². The first-order chi connectivity index (χ1) is 7.35. The molecule has 0 saturated carbocycles. The fourth-order valence-corrected chi connectivity index (χ4v) is 1.47. The van der Waals surface area contributed by atoms with Gasteiger partial charge in [-0.25, -0.2) is 8.78 Å². The second kappa shape index (κ2) is 4.89. The van der Waals surface area contributed by atoms with Crippen LogP contribution in [0.1, 0.15) is 31.9 Å². The Balaban J connectivity index is 2.81. The van der Waals surface area contributed by atoms with E-state index in [1.807, 2.05) is 13.8 Å². The predicted molar refractivity (Wildman–Crippen MR) is 59.0 cm³/mol. The van der Waals surface area contributed by atoms with E-state index in [2.05, 4.69) is 0 Å². The molecule has 1 aromatic rings. The summed E-state index contributed by atoms with van der Waals surface area (Å²) >= 11 is 0. The molecule has 0 bridgehead atoms. The van der Waals surface area contributed by atoms with E-state index in [0.717, 1.165) is 12.1 Å². The topological polar surface area (TPSA) is 35.2 Å². The first-order valence-electron chi connectivity index (χ1n) is 5.11. The van der Waals surface area contributed by atoms with Crippen LogP contribution in [-0.4, -0.2) is 12.7 Å². The van der Waals surface area contributed by atoms with E-state index in [9.17, 15) is 8.78 Å². The average molecular weight is 229 g/mol. The summed E-state index contributed by atoms with van der Waals surface area (Å²) in [6.45, 7) is 3.79. The van der Waals surface area contributed by atoms with Crippen molar-refractivity contribution in [2.75, 3.05) is 7.11 Å². The summed E-state index contributed by atoms with van der Waals surface area (Å²) < 4.78 is 31.0. The summed E-state index contributed by atoms with van der Waals surface area (Å²) in [4.78, 5) is 0. The molecule has 0 radical (unpaired) electrons. The Morgan fingerprint density at radius 1 is 1.31 bits per heavy atom. The van der Waals surface area contributed by atoms with Gasteiger partial charge < -0.3 is 10.5 Å². The Kier molecular flexibility index (Phi) is 3.99. The van der Waals surface area contributed by atoms with Crippen LogP contribution in [0.15, 0.2) is 18.2 Å². The Morgan fingerprint density at radius 2 is 1.94 bits per heavy atom. The van der Waals surface area contributed by atoms with E-state index in [4.69, 9.17) is 10.5 Å². The van der Waals surface area contributed by atoms with Crippen molar-refractivity contribution in [1.82, 2.24) is 0 Å². The smallest absolute Gasteiger partial charge is 0.159 e. The maximum atomic E-state index is 13.0. The number of hydrogen-bond donors (Lipinski definition) is 1. The number of nitrogens with two attached hydrogens (primary N) is 1. The molecule has 0 aliphatic heterocycles. The van der Waals surface area contributed by atoms with Gasteiger partial charge >= 0.3 is 0 Å². The van der Waals surface area contributed by atoms with Gasteiger partial charge in [-0.15, -0.1) is 0 Å². The molecule has 0 amide bonds. The number of ether oxygens (including phenoxy) is 1. The quantitative estimate of drug-likeness (QED) is 0.861. The molecule has 1 aromatic carbocycles. The summed E-state index contributed by atoms with van der Waals surface area (Å²) in [7, 11) is 1.60. The van der Waals surface area contributed by atoms with Crippen molar-refractivity contribution in [3.05, 3.63) is 35.4 Å². The van der Waals surface area contributed by atoms with Crippen molar-refractivity contribution in [1.29, 1.82) is 0 Å². The maximum Gasteiger partial charge on any atom is 0.159 e. The van der Waals surface area contributed by atoms with Gasteiger partial charge in [-0.3, -0.25) is 0 Å². The molecule has 1 atom stereocenters. The summed E-state index contributed by atoms with van der Waals surface area (Å²) in [5.74, 6) is -1.73. The highest BCUT2D eigenvalue weighted by Crippen LogP contribution is 2.24. The van der Waals surface area contributed by atoms with Crippen LogP contribution in [0.2, 0.25) is 0 Å². The van der Waals surface area contributed by atoms with Gasteiger partial charge in [0, 0.05) is 13.2 Å². The molecule has 0 heterocycles. The minimum absolute atomic E-state index is 0.370. The van der Waals surface area contributed by atoms with Gasteiger partial charge in [-0.2, -0.15) is 0 Å². The molecule has 0 spiro atoms. The lowest BCUT2D eigenvalue weighted by molar-refractivity contribution is 0.00993. The van der Waals surface area contributed by atoms with Crippen molar-refractivity contribution in [2.45, 2.75) is 31.9 Å². The van der Waals surface area contributed by atoms with Gasteiger partial charge in [0.15, 0.2) is 11.6 Å². The van der Waals surface area contributed by atoms with Gasteiger partial charge in [0.1, 0.15) is 0 Å². The molecule has 0 fully saturated rings. The van der Waals surface area contributed by atoms with Gasteiger partial charge in [0.2, 0.25) is 0 Å². The maximum absolute atomic E-state index is 13.0. The minimum atomic E-state index is -0.872. The van der Waals surface area contributed by atoms with Crippen LogP contribution in [0, 0.1) is 11.6 Å². The molecule has 0 aliphatic rings. The molecule has 2 N–H and O–H groups in total. The van der Waals surface area contributed by atoms with Crippen LogP contribution >= 0.6 is 0 Å². The molecule has 2 nitrogen and oxygen atoms in total. The van der Waals surface area contributed by atoms with Gasteiger partial charge in [-0.05, 0) is 38.0 Å². The van der Waals surface area contributed by atoms with Crippen molar-refractivity contribution < 1.29 is 13.5 Å². The van der Waals surface area contributed by atoms with E-state index >= 15 is 0 Å². The monoisotopic (exact) mass is 229 g/mol. The van der Waals surface area contributed by atoms with Gasteiger partial charge in [0.05, 0.1) is 5.60 Å². The zero-order chi connectivity index (χ0) is 12.3. The van der Waals surface area contributed by atoms with E-state index in [1.54, 1.807) is 7.11 Å². The SMILES string of the molecule is COC(C)(C)CC(N)c1ccc(F)c(F)c1. The summed E-state index contributed by atoms with van der Waals surface area (Å²) in [6, 6.07) is 3.34. The molecule has 1 rings (SSSR count). The van der Waals surface area contributed by atoms with Crippen molar-refractivity contribution in [2.24, 2.45) is 5.73 Å². The fraction of sp³-hybridized carbons (Fsp3) is 0.500. The Morgan fingerprint density at radius 3 is 2.44 bits per heavy atom. The van der Waals surface area contributed by atoms with Crippen LogP contribution in [0.5, 0.6) is 0 Å². The number of hydrogen-bond acceptors (Lipinski definition) is 2. The number of benzene rings is 1. The predicted octanol–water partition coefficient (Wildman–Crippen LogP) is 2.78. The molecule has 0 aromatic heterocycles. The molecule has 0 saturated heterocycles. The zero-order valence-corrected chi connectivity index (χ0v) is 9.76. The largest absolute Gasteiger partial charge is 0.379 e. The number of halogens is 2. The van der Waals surface area contributed by atoms with Crippen molar-refractivity contribution >= 4 is 0 Å². The Bertz CT molecular complexity index is 366. The molecular weight excluding hydrogens is 212 g/mol. The average Bonchev–Trinajstić information content (AvgIpc) is 2.21. The lowest BCUT2D eigenvalue weighted by atomic mass is 9.94. The highest BCUT2D eigenvalue weighted by atomic mass is 19.2.